The summed E-state index contributed by atoms with van der Waals surface area (Å²) in [5, 5.41) is 5.53. The van der Waals surface area contributed by atoms with Crippen molar-refractivity contribution in [3.63, 3.8) is 0 Å². The molecule has 6 heteroatoms. The second kappa shape index (κ2) is 7.33. The maximum absolute atomic E-state index is 5.67. The van der Waals surface area contributed by atoms with Gasteiger partial charge >= 0.3 is 0 Å². The third-order valence-electron chi connectivity index (χ3n) is 4.87. The van der Waals surface area contributed by atoms with E-state index in [0.717, 1.165) is 43.3 Å². The summed E-state index contributed by atoms with van der Waals surface area (Å²) in [5.74, 6) is 0.485. The molecule has 2 saturated heterocycles. The van der Waals surface area contributed by atoms with Crippen molar-refractivity contribution in [1.82, 2.24) is 15.2 Å². The molecule has 3 heterocycles. The molecule has 0 bridgehead atoms. The van der Waals surface area contributed by atoms with Crippen LogP contribution >= 0.6 is 23.6 Å². The van der Waals surface area contributed by atoms with Crippen molar-refractivity contribution < 1.29 is 4.74 Å². The maximum atomic E-state index is 5.67. The molecule has 128 valence electrons. The minimum absolute atomic E-state index is 0.327. The Kier molecular flexibility index (Phi) is 4.96. The number of benzene rings is 1. The number of nitrogens with zero attached hydrogens (tertiary/aromatic N) is 2. The molecule has 0 saturated carbocycles. The van der Waals surface area contributed by atoms with Crippen LogP contribution in [-0.4, -0.2) is 47.3 Å². The second-order valence-corrected chi connectivity index (χ2v) is 8.08. The lowest BCUT2D eigenvalue weighted by Gasteiger charge is -2.34. The highest BCUT2D eigenvalue weighted by Crippen LogP contribution is 2.32. The van der Waals surface area contributed by atoms with Crippen LogP contribution in [0.5, 0.6) is 0 Å². The van der Waals surface area contributed by atoms with Crippen LogP contribution in [0, 0.1) is 0 Å². The van der Waals surface area contributed by atoms with Crippen molar-refractivity contribution in [2.24, 2.45) is 0 Å². The third kappa shape index (κ3) is 3.55. The molecule has 1 N–H and O–H groups in total. The van der Waals surface area contributed by atoms with E-state index in [1.54, 1.807) is 0 Å². The van der Waals surface area contributed by atoms with Gasteiger partial charge in [0.05, 0.1) is 21.3 Å². The summed E-state index contributed by atoms with van der Waals surface area (Å²) in [4.78, 5) is 7.16. The van der Waals surface area contributed by atoms with Crippen LogP contribution in [0.25, 0.3) is 10.2 Å². The normalized spacial score (nSPS) is 24.4. The van der Waals surface area contributed by atoms with Crippen molar-refractivity contribution in [1.29, 1.82) is 0 Å². The van der Waals surface area contributed by atoms with Gasteiger partial charge in [0.1, 0.15) is 0 Å². The Bertz CT molecular complexity index is 678. The summed E-state index contributed by atoms with van der Waals surface area (Å²) >= 11 is 7.45. The van der Waals surface area contributed by atoms with E-state index in [-0.39, 0.29) is 0 Å². The quantitative estimate of drug-likeness (QED) is 0.847. The first-order valence-corrected chi connectivity index (χ1v) is 10.0. The van der Waals surface area contributed by atoms with Crippen LogP contribution in [0.1, 0.15) is 36.6 Å². The molecule has 0 spiro atoms. The van der Waals surface area contributed by atoms with Gasteiger partial charge in [-0.3, -0.25) is 0 Å². The maximum Gasteiger partial charge on any atom is 0.169 e. The molecule has 2 aliphatic heterocycles. The summed E-state index contributed by atoms with van der Waals surface area (Å²) in [7, 11) is 0. The topological polar surface area (TPSA) is 37.4 Å². The van der Waals surface area contributed by atoms with Gasteiger partial charge in [-0.1, -0.05) is 12.1 Å². The van der Waals surface area contributed by atoms with Crippen LogP contribution in [-0.2, 0) is 4.74 Å². The van der Waals surface area contributed by atoms with Crippen molar-refractivity contribution in [3.05, 3.63) is 29.3 Å². The summed E-state index contributed by atoms with van der Waals surface area (Å²) in [5.41, 5.74) is 1.12. The van der Waals surface area contributed by atoms with Gasteiger partial charge in [-0.05, 0) is 50.0 Å². The highest BCUT2D eigenvalue weighted by atomic mass is 32.1. The number of piperidine rings is 1. The van der Waals surface area contributed by atoms with Crippen molar-refractivity contribution in [2.75, 3.05) is 26.2 Å². The molecule has 2 atom stereocenters. The summed E-state index contributed by atoms with van der Waals surface area (Å²) < 4.78 is 6.95. The zero-order valence-electron chi connectivity index (χ0n) is 13.7. The Labute approximate surface area is 152 Å². The molecule has 1 aromatic carbocycles. The number of thiocarbonyl (C=S) groups is 1. The van der Waals surface area contributed by atoms with Crippen LogP contribution in [0.2, 0.25) is 0 Å². The number of hydrogen-bond acceptors (Lipinski definition) is 4. The molecule has 4 nitrogen and oxygen atoms in total. The Balaban J connectivity index is 1.38. The van der Waals surface area contributed by atoms with Gasteiger partial charge in [0, 0.05) is 32.2 Å². The molecule has 0 amide bonds. The van der Waals surface area contributed by atoms with E-state index in [1.807, 2.05) is 11.3 Å². The molecule has 4 rings (SSSR count). The predicted octanol–water partition coefficient (Wildman–Crippen LogP) is 3.53. The third-order valence-corrected chi connectivity index (χ3v) is 6.47. The lowest BCUT2D eigenvalue weighted by atomic mass is 9.99. The van der Waals surface area contributed by atoms with Gasteiger partial charge in [-0.25, -0.2) is 4.98 Å². The van der Waals surface area contributed by atoms with E-state index in [4.69, 9.17) is 21.9 Å². The van der Waals surface area contributed by atoms with Crippen LogP contribution in [0.3, 0.4) is 0 Å². The zero-order valence-corrected chi connectivity index (χ0v) is 15.4. The lowest BCUT2D eigenvalue weighted by molar-refractivity contribution is 0.113. The highest BCUT2D eigenvalue weighted by molar-refractivity contribution is 7.80. The molecule has 2 aliphatic rings. The zero-order chi connectivity index (χ0) is 16.4. The van der Waals surface area contributed by atoms with Gasteiger partial charge in [-0.2, -0.15) is 0 Å². The van der Waals surface area contributed by atoms with Crippen LogP contribution in [0.15, 0.2) is 24.3 Å². The first kappa shape index (κ1) is 16.2. The average Bonchev–Trinajstić information content (AvgIpc) is 3.29. The Morgan fingerprint density at radius 2 is 2.25 bits per heavy atom. The number of fused-ring (bicyclic) bond motifs is 1. The number of aromatic nitrogens is 1. The number of nitrogens with one attached hydrogen (secondary N) is 1. The minimum Gasteiger partial charge on any atom is -0.376 e. The standard InChI is InChI=1S/C18H23N3OS2/c23-18(19-11-14-6-4-10-22-14)21-9-3-5-13(12-21)17-20-15-7-1-2-8-16(15)24-17/h1-2,7-8,13-14H,3-6,9-12H2,(H,19,23)/t13-,14-/m0/s1. The molecule has 2 fully saturated rings. The van der Waals surface area contributed by atoms with Gasteiger partial charge in [0.2, 0.25) is 0 Å². The van der Waals surface area contributed by atoms with E-state index in [1.165, 1.54) is 29.0 Å². The fourth-order valence-electron chi connectivity index (χ4n) is 3.55. The molecule has 0 radical (unpaired) electrons. The SMILES string of the molecule is S=C(NC[C@@H]1CCCO1)N1CCC[C@H](c2nc3ccccc3s2)C1. The first-order valence-electron chi connectivity index (χ1n) is 8.79. The van der Waals surface area contributed by atoms with Crippen LogP contribution in [0.4, 0.5) is 0 Å². The molecule has 0 unspecified atom stereocenters. The van der Waals surface area contributed by atoms with E-state index in [9.17, 15) is 0 Å². The fraction of sp³-hybridized carbons (Fsp3) is 0.556. The summed E-state index contributed by atoms with van der Waals surface area (Å²) in [6, 6.07) is 8.40. The van der Waals surface area contributed by atoms with Crippen molar-refractivity contribution >= 4 is 38.9 Å². The highest BCUT2D eigenvalue weighted by Gasteiger charge is 2.26. The monoisotopic (exact) mass is 361 g/mol. The van der Waals surface area contributed by atoms with Crippen molar-refractivity contribution in [3.8, 4) is 0 Å². The van der Waals surface area contributed by atoms with Gasteiger partial charge < -0.3 is 15.0 Å². The number of thiazole rings is 1. The number of hydrogen-bond donors (Lipinski definition) is 1. The Hall–Kier alpha value is -1.24. The van der Waals surface area contributed by atoms with Crippen molar-refractivity contribution in [2.45, 2.75) is 37.7 Å². The number of rotatable bonds is 3. The van der Waals surface area contributed by atoms with Gasteiger partial charge in [0.15, 0.2) is 5.11 Å². The Morgan fingerprint density at radius 1 is 1.33 bits per heavy atom. The van der Waals surface area contributed by atoms with Gasteiger partial charge in [0.25, 0.3) is 0 Å². The Morgan fingerprint density at radius 3 is 3.08 bits per heavy atom. The van der Waals surface area contributed by atoms with E-state index < -0.39 is 0 Å². The number of para-hydroxylation sites is 1. The molecular formula is C18H23N3OS2. The molecule has 1 aromatic heterocycles. The summed E-state index contributed by atoms with van der Waals surface area (Å²) in [6.07, 6.45) is 5.01. The smallest absolute Gasteiger partial charge is 0.169 e. The number of ether oxygens (including phenoxy) is 1. The molecule has 2 aromatic rings. The predicted molar refractivity (Wildman–Crippen MR) is 103 cm³/mol. The van der Waals surface area contributed by atoms with Gasteiger partial charge in [-0.15, -0.1) is 11.3 Å². The average molecular weight is 362 g/mol. The summed E-state index contributed by atoms with van der Waals surface area (Å²) in [6.45, 7) is 3.74. The minimum atomic E-state index is 0.327. The second-order valence-electron chi connectivity index (χ2n) is 6.63. The lowest BCUT2D eigenvalue weighted by Crippen LogP contribution is -2.46. The van der Waals surface area contributed by atoms with E-state index in [2.05, 4.69) is 34.5 Å². The van der Waals surface area contributed by atoms with E-state index in [0.29, 0.717) is 12.0 Å². The molecular weight excluding hydrogens is 338 g/mol. The molecule has 24 heavy (non-hydrogen) atoms. The molecule has 0 aliphatic carbocycles. The fourth-order valence-corrected chi connectivity index (χ4v) is 4.89. The first-order chi connectivity index (χ1) is 11.8. The van der Waals surface area contributed by atoms with Crippen LogP contribution < -0.4 is 5.32 Å². The largest absolute Gasteiger partial charge is 0.376 e. The van der Waals surface area contributed by atoms with E-state index >= 15 is 0 Å². The number of likely N-dealkylation sites (tertiary alicyclic amines) is 1.